The monoisotopic (exact) mass is 364 g/mol. The minimum absolute atomic E-state index is 0.0498. The fourth-order valence-electron chi connectivity index (χ4n) is 2.97. The zero-order chi connectivity index (χ0) is 19.0. The number of halogens is 2. The average Bonchev–Trinajstić information content (AvgIpc) is 3.12. The summed E-state index contributed by atoms with van der Waals surface area (Å²) >= 11 is 0. The van der Waals surface area contributed by atoms with Gasteiger partial charge in [-0.05, 0) is 24.3 Å². The van der Waals surface area contributed by atoms with Crippen LogP contribution in [0.15, 0.2) is 55.1 Å². The van der Waals surface area contributed by atoms with Crippen molar-refractivity contribution in [3.05, 3.63) is 77.9 Å². The van der Waals surface area contributed by atoms with Gasteiger partial charge in [-0.15, -0.1) is 0 Å². The quantitative estimate of drug-likeness (QED) is 0.533. The fourth-order valence-corrected chi connectivity index (χ4v) is 2.97. The van der Waals surface area contributed by atoms with E-state index in [2.05, 4.69) is 20.3 Å². The molecule has 4 rings (SSSR count). The minimum atomic E-state index is -0.923. The number of aromatic amines is 1. The third-order valence-corrected chi connectivity index (χ3v) is 4.36. The SMILES string of the molecule is CNc1ccc(F)c(C(=O)c2c[nH]c3ncc(-c4cccnc4)cc23)c1F. The van der Waals surface area contributed by atoms with Crippen molar-refractivity contribution < 1.29 is 13.6 Å². The van der Waals surface area contributed by atoms with E-state index < -0.39 is 23.0 Å². The van der Waals surface area contributed by atoms with Crippen LogP contribution < -0.4 is 5.32 Å². The molecular weight excluding hydrogens is 350 g/mol. The number of anilines is 1. The number of hydrogen-bond donors (Lipinski definition) is 2. The van der Waals surface area contributed by atoms with E-state index in [1.165, 1.54) is 19.3 Å². The molecule has 0 unspecified atom stereocenters. The van der Waals surface area contributed by atoms with Crippen LogP contribution in [0.3, 0.4) is 0 Å². The van der Waals surface area contributed by atoms with Crippen molar-refractivity contribution in [1.29, 1.82) is 0 Å². The van der Waals surface area contributed by atoms with Crippen LogP contribution in [-0.2, 0) is 0 Å². The first-order chi connectivity index (χ1) is 13.1. The first-order valence-corrected chi connectivity index (χ1v) is 8.18. The van der Waals surface area contributed by atoms with Gasteiger partial charge >= 0.3 is 0 Å². The van der Waals surface area contributed by atoms with E-state index in [-0.39, 0.29) is 11.3 Å². The predicted molar refractivity (Wildman–Crippen MR) is 98.7 cm³/mol. The molecule has 1 aromatic carbocycles. The zero-order valence-electron chi connectivity index (χ0n) is 14.3. The largest absolute Gasteiger partial charge is 0.386 e. The Kier molecular flexibility index (Phi) is 4.12. The maximum absolute atomic E-state index is 14.6. The zero-order valence-corrected chi connectivity index (χ0v) is 14.3. The van der Waals surface area contributed by atoms with Gasteiger partial charge in [0.15, 0.2) is 5.82 Å². The van der Waals surface area contributed by atoms with Crippen LogP contribution in [-0.4, -0.2) is 27.8 Å². The Labute approximate surface area is 153 Å². The lowest BCUT2D eigenvalue weighted by Crippen LogP contribution is -2.09. The van der Waals surface area contributed by atoms with Crippen LogP contribution in [0.4, 0.5) is 14.5 Å². The third kappa shape index (κ3) is 2.83. The molecule has 0 aliphatic carbocycles. The average molecular weight is 364 g/mol. The van der Waals surface area contributed by atoms with Crippen molar-refractivity contribution >= 4 is 22.5 Å². The minimum Gasteiger partial charge on any atom is -0.386 e. The number of fused-ring (bicyclic) bond motifs is 1. The van der Waals surface area contributed by atoms with Gasteiger partial charge in [0, 0.05) is 53.9 Å². The predicted octanol–water partition coefficient (Wildman–Crippen LogP) is 4.18. The molecule has 0 saturated carbocycles. The van der Waals surface area contributed by atoms with Crippen LogP contribution in [0.1, 0.15) is 15.9 Å². The number of aromatic nitrogens is 3. The lowest BCUT2D eigenvalue weighted by molar-refractivity contribution is 0.103. The van der Waals surface area contributed by atoms with E-state index in [1.54, 1.807) is 30.7 Å². The highest BCUT2D eigenvalue weighted by atomic mass is 19.1. The van der Waals surface area contributed by atoms with Crippen molar-refractivity contribution in [3.63, 3.8) is 0 Å². The molecule has 134 valence electrons. The molecule has 4 aromatic rings. The molecule has 0 radical (unpaired) electrons. The normalized spacial score (nSPS) is 10.9. The maximum Gasteiger partial charge on any atom is 0.201 e. The standard InChI is InChI=1S/C20H14F2N4O/c1-23-16-5-4-15(21)17(18(16)22)19(27)14-10-26-20-13(14)7-12(9-25-20)11-3-2-6-24-8-11/h2-10,23H,1H3,(H,25,26). The second-order valence-electron chi connectivity index (χ2n) is 5.93. The Balaban J connectivity index is 1.86. The smallest absolute Gasteiger partial charge is 0.201 e. The van der Waals surface area contributed by atoms with Gasteiger partial charge in [0.25, 0.3) is 0 Å². The number of H-pyrrole nitrogens is 1. The summed E-state index contributed by atoms with van der Waals surface area (Å²) in [5.41, 5.74) is 1.62. The molecular formula is C20H14F2N4O. The molecule has 0 aliphatic rings. The summed E-state index contributed by atoms with van der Waals surface area (Å²) in [6, 6.07) is 7.71. The summed E-state index contributed by atoms with van der Waals surface area (Å²) in [4.78, 5) is 24.2. The summed E-state index contributed by atoms with van der Waals surface area (Å²) in [6.07, 6.45) is 6.39. The van der Waals surface area contributed by atoms with Crippen LogP contribution in [0.2, 0.25) is 0 Å². The van der Waals surface area contributed by atoms with Gasteiger partial charge in [-0.1, -0.05) is 6.07 Å². The Morgan fingerprint density at radius 3 is 2.74 bits per heavy atom. The maximum atomic E-state index is 14.6. The van der Waals surface area contributed by atoms with Crippen LogP contribution in [0, 0.1) is 11.6 Å². The number of benzene rings is 1. The Bertz CT molecular complexity index is 1160. The number of pyridine rings is 2. The van der Waals surface area contributed by atoms with Crippen molar-refractivity contribution in [2.45, 2.75) is 0 Å². The summed E-state index contributed by atoms with van der Waals surface area (Å²) in [7, 11) is 1.50. The number of ketones is 1. The van der Waals surface area contributed by atoms with Crippen molar-refractivity contribution in [2.24, 2.45) is 0 Å². The lowest BCUT2D eigenvalue weighted by atomic mass is 10.00. The first kappa shape index (κ1) is 16.8. The molecule has 0 atom stereocenters. The van der Waals surface area contributed by atoms with E-state index in [0.717, 1.165) is 17.2 Å². The van der Waals surface area contributed by atoms with Gasteiger partial charge in [0.2, 0.25) is 5.78 Å². The number of carbonyl (C=O) groups excluding carboxylic acids is 1. The van der Waals surface area contributed by atoms with Gasteiger partial charge in [-0.2, -0.15) is 0 Å². The van der Waals surface area contributed by atoms with E-state index in [0.29, 0.717) is 11.0 Å². The van der Waals surface area contributed by atoms with Crippen molar-refractivity contribution in [2.75, 3.05) is 12.4 Å². The molecule has 0 amide bonds. The van der Waals surface area contributed by atoms with E-state index in [4.69, 9.17) is 0 Å². The van der Waals surface area contributed by atoms with E-state index in [9.17, 15) is 13.6 Å². The number of rotatable bonds is 4. The highest BCUT2D eigenvalue weighted by Crippen LogP contribution is 2.28. The molecule has 7 heteroatoms. The third-order valence-electron chi connectivity index (χ3n) is 4.36. The Morgan fingerprint density at radius 1 is 1.15 bits per heavy atom. The molecule has 0 saturated heterocycles. The molecule has 3 heterocycles. The summed E-state index contributed by atoms with van der Waals surface area (Å²) < 4.78 is 28.8. The summed E-state index contributed by atoms with van der Waals surface area (Å²) in [5, 5.41) is 3.09. The van der Waals surface area contributed by atoms with E-state index >= 15 is 0 Å². The summed E-state index contributed by atoms with van der Waals surface area (Å²) in [5.74, 6) is -2.59. The number of hydrogen-bond acceptors (Lipinski definition) is 4. The number of carbonyl (C=O) groups is 1. The first-order valence-electron chi connectivity index (χ1n) is 8.18. The second kappa shape index (κ2) is 6.60. The topological polar surface area (TPSA) is 70.7 Å². The van der Waals surface area contributed by atoms with Gasteiger partial charge in [0.1, 0.15) is 11.5 Å². The van der Waals surface area contributed by atoms with Gasteiger partial charge in [0.05, 0.1) is 11.3 Å². The lowest BCUT2D eigenvalue weighted by Gasteiger charge is -2.08. The van der Waals surface area contributed by atoms with Gasteiger partial charge in [-0.3, -0.25) is 9.78 Å². The van der Waals surface area contributed by atoms with Crippen LogP contribution in [0.25, 0.3) is 22.2 Å². The highest BCUT2D eigenvalue weighted by molar-refractivity contribution is 6.16. The van der Waals surface area contributed by atoms with Crippen molar-refractivity contribution in [1.82, 2.24) is 15.0 Å². The molecule has 5 nitrogen and oxygen atoms in total. The molecule has 27 heavy (non-hydrogen) atoms. The Morgan fingerprint density at radius 2 is 2.00 bits per heavy atom. The molecule has 0 bridgehead atoms. The molecule has 0 spiro atoms. The Hall–Kier alpha value is -3.61. The molecule has 0 aliphatic heterocycles. The van der Waals surface area contributed by atoms with E-state index in [1.807, 2.05) is 6.07 Å². The van der Waals surface area contributed by atoms with Gasteiger partial charge < -0.3 is 10.3 Å². The fraction of sp³-hybridized carbons (Fsp3) is 0.0500. The van der Waals surface area contributed by atoms with Gasteiger partial charge in [-0.25, -0.2) is 13.8 Å². The van der Waals surface area contributed by atoms with Crippen LogP contribution in [0.5, 0.6) is 0 Å². The van der Waals surface area contributed by atoms with Crippen molar-refractivity contribution in [3.8, 4) is 11.1 Å². The number of nitrogens with one attached hydrogen (secondary N) is 2. The molecule has 2 N–H and O–H groups in total. The van der Waals surface area contributed by atoms with Crippen LogP contribution >= 0.6 is 0 Å². The highest BCUT2D eigenvalue weighted by Gasteiger charge is 2.24. The summed E-state index contributed by atoms with van der Waals surface area (Å²) in [6.45, 7) is 0. The number of nitrogens with zero attached hydrogens (tertiary/aromatic N) is 2. The second-order valence-corrected chi connectivity index (χ2v) is 5.93. The molecule has 3 aromatic heterocycles. The molecule has 0 fully saturated rings.